The molecule has 182 valence electrons. The standard InChI is InChI=1S/C27H30N4O2S2/c1-17(2)20-10-8-19(9-11-20)15-31-26(33)24-23(21-7-4-12-28-25(21)35-24)29-27(31)34-16-22(32)30-13-5-6-18(3)14-30/h4,7-12,17-18H,5-6,13-16H2,1-3H3. The van der Waals surface area contributed by atoms with E-state index in [0.717, 1.165) is 35.3 Å². The summed E-state index contributed by atoms with van der Waals surface area (Å²) in [5.74, 6) is 1.37. The average Bonchev–Trinajstić information content (AvgIpc) is 3.23. The summed E-state index contributed by atoms with van der Waals surface area (Å²) >= 11 is 2.75. The van der Waals surface area contributed by atoms with Crippen molar-refractivity contribution >= 4 is 49.4 Å². The summed E-state index contributed by atoms with van der Waals surface area (Å²) in [6.07, 6.45) is 3.96. The van der Waals surface area contributed by atoms with E-state index in [1.54, 1.807) is 10.8 Å². The number of carbonyl (C=O) groups is 1. The van der Waals surface area contributed by atoms with E-state index in [0.29, 0.717) is 33.8 Å². The fraction of sp³-hybridized carbons (Fsp3) is 0.407. The summed E-state index contributed by atoms with van der Waals surface area (Å²) in [4.78, 5) is 38.8. The number of thiophene rings is 1. The molecule has 4 heterocycles. The highest BCUT2D eigenvalue weighted by Gasteiger charge is 2.23. The zero-order valence-electron chi connectivity index (χ0n) is 20.4. The van der Waals surface area contributed by atoms with Crippen LogP contribution in [0.4, 0.5) is 0 Å². The van der Waals surface area contributed by atoms with Crippen molar-refractivity contribution in [2.45, 2.75) is 51.2 Å². The molecule has 0 bridgehead atoms. The molecule has 1 amide bonds. The zero-order valence-corrected chi connectivity index (χ0v) is 22.0. The van der Waals surface area contributed by atoms with Crippen LogP contribution in [0.25, 0.3) is 20.4 Å². The quantitative estimate of drug-likeness (QED) is 0.254. The van der Waals surface area contributed by atoms with Crippen LogP contribution in [0.3, 0.4) is 0 Å². The Labute approximate surface area is 213 Å². The van der Waals surface area contributed by atoms with Gasteiger partial charge in [0.05, 0.1) is 17.8 Å². The number of piperidine rings is 1. The van der Waals surface area contributed by atoms with Crippen LogP contribution in [0.15, 0.2) is 52.5 Å². The fourth-order valence-corrected chi connectivity index (χ4v) is 6.54. The lowest BCUT2D eigenvalue weighted by molar-refractivity contribution is -0.130. The summed E-state index contributed by atoms with van der Waals surface area (Å²) in [6, 6.07) is 12.2. The van der Waals surface area contributed by atoms with Crippen molar-refractivity contribution in [3.8, 4) is 0 Å². The highest BCUT2D eigenvalue weighted by molar-refractivity contribution is 7.99. The number of rotatable bonds is 6. The van der Waals surface area contributed by atoms with Gasteiger partial charge in [-0.05, 0) is 47.9 Å². The first kappa shape index (κ1) is 24.0. The van der Waals surface area contributed by atoms with Gasteiger partial charge in [-0.15, -0.1) is 11.3 Å². The van der Waals surface area contributed by atoms with Gasteiger partial charge in [0.25, 0.3) is 5.56 Å². The summed E-state index contributed by atoms with van der Waals surface area (Å²) in [6.45, 7) is 8.57. The maximum atomic E-state index is 13.7. The normalized spacial score (nSPS) is 16.5. The van der Waals surface area contributed by atoms with Gasteiger partial charge in [0.15, 0.2) is 5.16 Å². The number of pyridine rings is 1. The summed E-state index contributed by atoms with van der Waals surface area (Å²) < 4.78 is 2.33. The first-order chi connectivity index (χ1) is 16.9. The molecule has 1 unspecified atom stereocenters. The van der Waals surface area contributed by atoms with Crippen molar-refractivity contribution < 1.29 is 4.79 Å². The van der Waals surface area contributed by atoms with Gasteiger partial charge in [0.2, 0.25) is 5.91 Å². The van der Waals surface area contributed by atoms with Gasteiger partial charge in [-0.2, -0.15) is 0 Å². The van der Waals surface area contributed by atoms with Gasteiger partial charge in [-0.25, -0.2) is 9.97 Å². The lowest BCUT2D eigenvalue weighted by Gasteiger charge is -2.30. The van der Waals surface area contributed by atoms with Crippen molar-refractivity contribution in [2.24, 2.45) is 5.92 Å². The Morgan fingerprint density at radius 3 is 2.77 bits per heavy atom. The van der Waals surface area contributed by atoms with Gasteiger partial charge >= 0.3 is 0 Å². The Balaban J connectivity index is 1.51. The van der Waals surface area contributed by atoms with E-state index in [2.05, 4.69) is 50.0 Å². The Hall–Kier alpha value is -2.71. The summed E-state index contributed by atoms with van der Waals surface area (Å²) in [7, 11) is 0. The maximum absolute atomic E-state index is 13.7. The Kier molecular flexibility index (Phi) is 6.93. The van der Waals surface area contributed by atoms with Crippen LogP contribution in [0.1, 0.15) is 50.7 Å². The van der Waals surface area contributed by atoms with Crippen LogP contribution in [0.5, 0.6) is 0 Å². The molecule has 0 aliphatic carbocycles. The lowest BCUT2D eigenvalue weighted by Crippen LogP contribution is -2.40. The van der Waals surface area contributed by atoms with Crippen molar-refractivity contribution in [1.82, 2.24) is 19.4 Å². The van der Waals surface area contributed by atoms with E-state index in [1.165, 1.54) is 35.1 Å². The molecule has 1 fully saturated rings. The number of aromatic nitrogens is 3. The Morgan fingerprint density at radius 2 is 2.03 bits per heavy atom. The predicted octanol–water partition coefficient (Wildman–Crippen LogP) is 5.53. The molecule has 1 atom stereocenters. The highest BCUT2D eigenvalue weighted by Crippen LogP contribution is 2.31. The number of amides is 1. The van der Waals surface area contributed by atoms with E-state index in [4.69, 9.17) is 4.98 Å². The number of nitrogens with zero attached hydrogens (tertiary/aromatic N) is 4. The third-order valence-electron chi connectivity index (χ3n) is 6.64. The molecule has 3 aromatic heterocycles. The molecule has 4 aromatic rings. The van der Waals surface area contributed by atoms with E-state index in [1.807, 2.05) is 17.0 Å². The molecule has 1 aliphatic heterocycles. The monoisotopic (exact) mass is 506 g/mol. The topological polar surface area (TPSA) is 68.1 Å². The van der Waals surface area contributed by atoms with Gasteiger partial charge < -0.3 is 4.90 Å². The second-order valence-electron chi connectivity index (χ2n) is 9.69. The van der Waals surface area contributed by atoms with Crippen LogP contribution < -0.4 is 5.56 Å². The molecule has 0 saturated carbocycles. The maximum Gasteiger partial charge on any atom is 0.272 e. The second kappa shape index (κ2) is 10.1. The predicted molar refractivity (Wildman–Crippen MR) is 145 cm³/mol. The number of hydrogen-bond donors (Lipinski definition) is 0. The van der Waals surface area contributed by atoms with Gasteiger partial charge in [0, 0.05) is 24.7 Å². The van der Waals surface area contributed by atoms with E-state index in [-0.39, 0.29) is 17.2 Å². The molecule has 1 aromatic carbocycles. The highest BCUT2D eigenvalue weighted by atomic mass is 32.2. The molecule has 0 N–H and O–H groups in total. The molecular weight excluding hydrogens is 476 g/mol. The van der Waals surface area contributed by atoms with Crippen molar-refractivity contribution in [3.63, 3.8) is 0 Å². The van der Waals surface area contributed by atoms with Crippen LogP contribution in [0.2, 0.25) is 0 Å². The minimum Gasteiger partial charge on any atom is -0.342 e. The van der Waals surface area contributed by atoms with Crippen LogP contribution >= 0.6 is 23.1 Å². The molecular formula is C27H30N4O2S2. The van der Waals surface area contributed by atoms with Crippen molar-refractivity contribution in [3.05, 3.63) is 64.1 Å². The number of likely N-dealkylation sites (tertiary alicyclic amines) is 1. The van der Waals surface area contributed by atoms with Crippen LogP contribution in [0, 0.1) is 5.92 Å². The number of carbonyl (C=O) groups excluding carboxylic acids is 1. The van der Waals surface area contributed by atoms with E-state index >= 15 is 0 Å². The number of hydrogen-bond acceptors (Lipinski definition) is 6. The molecule has 0 radical (unpaired) electrons. The molecule has 1 aliphatic rings. The van der Waals surface area contributed by atoms with Gasteiger partial charge in [-0.1, -0.05) is 56.8 Å². The zero-order chi connectivity index (χ0) is 24.5. The average molecular weight is 507 g/mol. The smallest absolute Gasteiger partial charge is 0.272 e. The Morgan fingerprint density at radius 1 is 1.23 bits per heavy atom. The lowest BCUT2D eigenvalue weighted by atomic mass is 10.0. The number of fused-ring (bicyclic) bond motifs is 3. The SMILES string of the molecule is CC1CCCN(C(=O)CSc2nc3c(sc4ncccc43)c(=O)n2Cc2ccc(C(C)C)cc2)C1. The number of thioether (sulfide) groups is 1. The molecule has 6 nitrogen and oxygen atoms in total. The summed E-state index contributed by atoms with van der Waals surface area (Å²) in [5, 5.41) is 1.47. The summed E-state index contributed by atoms with van der Waals surface area (Å²) in [5.41, 5.74) is 2.90. The molecule has 0 spiro atoms. The van der Waals surface area contributed by atoms with Crippen molar-refractivity contribution in [2.75, 3.05) is 18.8 Å². The minimum atomic E-state index is -0.0764. The molecule has 1 saturated heterocycles. The van der Waals surface area contributed by atoms with Crippen LogP contribution in [-0.4, -0.2) is 44.2 Å². The first-order valence-corrected chi connectivity index (χ1v) is 14.0. The largest absolute Gasteiger partial charge is 0.342 e. The van der Waals surface area contributed by atoms with E-state index < -0.39 is 0 Å². The third-order valence-corrected chi connectivity index (χ3v) is 8.69. The van der Waals surface area contributed by atoms with Crippen molar-refractivity contribution in [1.29, 1.82) is 0 Å². The van der Waals surface area contributed by atoms with Gasteiger partial charge in [-0.3, -0.25) is 14.2 Å². The second-order valence-corrected chi connectivity index (χ2v) is 11.6. The molecule has 8 heteroatoms. The van der Waals surface area contributed by atoms with E-state index in [9.17, 15) is 9.59 Å². The molecule has 5 rings (SSSR count). The third kappa shape index (κ3) is 5.00. The first-order valence-electron chi connectivity index (χ1n) is 12.2. The Bertz CT molecular complexity index is 1430. The minimum absolute atomic E-state index is 0.0764. The van der Waals surface area contributed by atoms with Crippen LogP contribution in [-0.2, 0) is 11.3 Å². The molecule has 35 heavy (non-hydrogen) atoms. The fourth-order valence-electron chi connectivity index (χ4n) is 4.61. The van der Waals surface area contributed by atoms with Gasteiger partial charge in [0.1, 0.15) is 9.53 Å². The number of benzene rings is 1.